The maximum atomic E-state index is 6.10. The van der Waals surface area contributed by atoms with Gasteiger partial charge in [-0.1, -0.05) is 13.8 Å². The summed E-state index contributed by atoms with van der Waals surface area (Å²) in [7, 11) is 1.57. The van der Waals surface area contributed by atoms with Crippen LogP contribution in [-0.2, 0) is 4.74 Å². The Hall–Kier alpha value is -1.16. The maximum Gasteiger partial charge on any atom is 0.230 e. The van der Waals surface area contributed by atoms with E-state index in [1.807, 2.05) is 4.68 Å². The third-order valence-corrected chi connectivity index (χ3v) is 4.66. The highest BCUT2D eigenvalue weighted by Gasteiger charge is 2.34. The molecule has 3 rings (SSSR count). The van der Waals surface area contributed by atoms with Gasteiger partial charge < -0.3 is 15.2 Å². The van der Waals surface area contributed by atoms with E-state index in [0.29, 0.717) is 17.4 Å². The number of methoxy groups -OCH3 is 1. The Balaban J connectivity index is 2.10. The van der Waals surface area contributed by atoms with E-state index < -0.39 is 0 Å². The minimum absolute atomic E-state index is 0.116. The van der Waals surface area contributed by atoms with E-state index in [9.17, 15) is 0 Å². The molecule has 1 saturated heterocycles. The molecule has 1 unspecified atom stereocenters. The van der Waals surface area contributed by atoms with E-state index in [2.05, 4.69) is 51.5 Å². The van der Waals surface area contributed by atoms with E-state index in [1.54, 1.807) is 7.11 Å². The van der Waals surface area contributed by atoms with Gasteiger partial charge in [0.25, 0.3) is 0 Å². The Morgan fingerprint density at radius 3 is 2.86 bits per heavy atom. The number of hydrogen-bond acceptors (Lipinski definition) is 6. The summed E-state index contributed by atoms with van der Waals surface area (Å²) < 4.78 is 14.0. The standard InChI is InChI=1S/C13H18IN5O2/c1-4-7-6(2)5-8(21-7)19-11-9(10(14)18-19)12(20-3)17-13(15)16-11/h6-8H,4-5H2,1-3H3,(H2,15,16,17)/t6?,7-,8-/m1/s1. The molecule has 0 spiro atoms. The second-order valence-electron chi connectivity index (χ2n) is 5.28. The number of aromatic nitrogens is 4. The smallest absolute Gasteiger partial charge is 0.230 e. The molecule has 1 fully saturated rings. The van der Waals surface area contributed by atoms with Crippen LogP contribution in [0.25, 0.3) is 11.0 Å². The van der Waals surface area contributed by atoms with Gasteiger partial charge in [0.05, 0.1) is 13.2 Å². The summed E-state index contributed by atoms with van der Waals surface area (Å²) >= 11 is 2.16. The second kappa shape index (κ2) is 5.56. The van der Waals surface area contributed by atoms with E-state index in [1.165, 1.54) is 0 Å². The lowest BCUT2D eigenvalue weighted by molar-refractivity contribution is -0.00964. The lowest BCUT2D eigenvalue weighted by atomic mass is 10.0. The largest absolute Gasteiger partial charge is 0.480 e. The average Bonchev–Trinajstić information content (AvgIpc) is 2.98. The van der Waals surface area contributed by atoms with Gasteiger partial charge in [0.2, 0.25) is 11.8 Å². The van der Waals surface area contributed by atoms with Gasteiger partial charge in [-0.3, -0.25) is 0 Å². The fourth-order valence-electron chi connectivity index (χ4n) is 2.85. The molecular formula is C13H18IN5O2. The van der Waals surface area contributed by atoms with Gasteiger partial charge in [-0.05, 0) is 41.4 Å². The van der Waals surface area contributed by atoms with Crippen LogP contribution in [0.1, 0.15) is 32.9 Å². The SMILES string of the molecule is CC[C@H]1O[C@@H](n2nc(I)c3c(OC)nc(N)nc32)CC1C. The Kier molecular flexibility index (Phi) is 3.91. The van der Waals surface area contributed by atoms with Gasteiger partial charge in [0, 0.05) is 0 Å². The van der Waals surface area contributed by atoms with Crippen LogP contribution in [0.3, 0.4) is 0 Å². The summed E-state index contributed by atoms with van der Waals surface area (Å²) in [6, 6.07) is 0. The zero-order valence-corrected chi connectivity index (χ0v) is 14.4. The molecule has 7 nitrogen and oxygen atoms in total. The van der Waals surface area contributed by atoms with E-state index in [-0.39, 0.29) is 18.3 Å². The molecule has 1 aliphatic rings. The Labute approximate surface area is 136 Å². The Morgan fingerprint density at radius 2 is 2.24 bits per heavy atom. The number of fused-ring (bicyclic) bond motifs is 1. The first-order chi connectivity index (χ1) is 10.0. The molecule has 2 aromatic heterocycles. The van der Waals surface area contributed by atoms with E-state index >= 15 is 0 Å². The fraction of sp³-hybridized carbons (Fsp3) is 0.615. The van der Waals surface area contributed by atoms with Crippen LogP contribution < -0.4 is 10.5 Å². The normalized spacial score (nSPS) is 25.6. The van der Waals surface area contributed by atoms with Crippen molar-refractivity contribution in [3.63, 3.8) is 0 Å². The van der Waals surface area contributed by atoms with Gasteiger partial charge >= 0.3 is 0 Å². The molecule has 114 valence electrons. The zero-order valence-electron chi connectivity index (χ0n) is 12.2. The second-order valence-corrected chi connectivity index (χ2v) is 6.30. The molecule has 3 atom stereocenters. The monoisotopic (exact) mass is 403 g/mol. The third-order valence-electron chi connectivity index (χ3n) is 3.90. The predicted octanol–water partition coefficient (Wildman–Crippen LogP) is 2.36. The Morgan fingerprint density at radius 1 is 1.48 bits per heavy atom. The quantitative estimate of drug-likeness (QED) is 0.792. The minimum atomic E-state index is -0.116. The molecule has 1 aliphatic heterocycles. The van der Waals surface area contributed by atoms with Crippen molar-refractivity contribution in [2.24, 2.45) is 5.92 Å². The van der Waals surface area contributed by atoms with Crippen LogP contribution in [0.2, 0.25) is 0 Å². The molecule has 0 radical (unpaired) electrons. The number of nitrogen functional groups attached to an aromatic ring is 1. The van der Waals surface area contributed by atoms with Crippen molar-refractivity contribution in [3.05, 3.63) is 3.70 Å². The van der Waals surface area contributed by atoms with Crippen molar-refractivity contribution in [3.8, 4) is 5.88 Å². The lowest BCUT2D eigenvalue weighted by Crippen LogP contribution is -2.14. The van der Waals surface area contributed by atoms with Crippen LogP contribution in [0.5, 0.6) is 5.88 Å². The van der Waals surface area contributed by atoms with Crippen LogP contribution in [-0.4, -0.2) is 33.0 Å². The summed E-state index contributed by atoms with van der Waals surface area (Å²) in [6.07, 6.45) is 2.05. The highest BCUT2D eigenvalue weighted by atomic mass is 127. The summed E-state index contributed by atoms with van der Waals surface area (Å²) in [4.78, 5) is 8.44. The highest BCUT2D eigenvalue weighted by molar-refractivity contribution is 14.1. The van der Waals surface area contributed by atoms with Gasteiger partial charge in [0.1, 0.15) is 9.09 Å². The number of nitrogens with zero attached hydrogens (tertiary/aromatic N) is 4. The molecule has 0 aliphatic carbocycles. The van der Waals surface area contributed by atoms with Crippen molar-refractivity contribution in [2.45, 2.75) is 39.0 Å². The topological polar surface area (TPSA) is 88.1 Å². The predicted molar refractivity (Wildman–Crippen MR) is 87.0 cm³/mol. The number of anilines is 1. The van der Waals surface area contributed by atoms with Gasteiger partial charge in [-0.25, -0.2) is 4.68 Å². The average molecular weight is 403 g/mol. The first-order valence-electron chi connectivity index (χ1n) is 6.95. The number of nitrogens with two attached hydrogens (primary N) is 1. The summed E-state index contributed by atoms with van der Waals surface area (Å²) in [6.45, 7) is 4.34. The van der Waals surface area contributed by atoms with Crippen LogP contribution in [0.15, 0.2) is 0 Å². The molecule has 3 heterocycles. The number of rotatable bonds is 3. The lowest BCUT2D eigenvalue weighted by Gasteiger charge is -2.14. The van der Waals surface area contributed by atoms with Crippen LogP contribution in [0.4, 0.5) is 5.95 Å². The molecule has 0 amide bonds. The number of halogens is 1. The van der Waals surface area contributed by atoms with Crippen molar-refractivity contribution >= 4 is 39.6 Å². The molecular weight excluding hydrogens is 385 g/mol. The zero-order chi connectivity index (χ0) is 15.1. The molecule has 2 aromatic rings. The van der Waals surface area contributed by atoms with Crippen molar-refractivity contribution in [2.75, 3.05) is 12.8 Å². The number of ether oxygens (including phenoxy) is 2. The van der Waals surface area contributed by atoms with Crippen LogP contribution >= 0.6 is 22.6 Å². The highest BCUT2D eigenvalue weighted by Crippen LogP contribution is 2.37. The molecule has 8 heteroatoms. The van der Waals surface area contributed by atoms with Gasteiger partial charge in [-0.2, -0.15) is 15.1 Å². The van der Waals surface area contributed by atoms with Crippen molar-refractivity contribution < 1.29 is 9.47 Å². The first kappa shape index (κ1) is 14.8. The molecule has 21 heavy (non-hydrogen) atoms. The van der Waals surface area contributed by atoms with Gasteiger partial charge in [0.15, 0.2) is 11.9 Å². The molecule has 0 bridgehead atoms. The third kappa shape index (κ3) is 2.44. The number of hydrogen-bond donors (Lipinski definition) is 1. The molecule has 2 N–H and O–H groups in total. The molecule has 0 aromatic carbocycles. The summed E-state index contributed by atoms with van der Waals surface area (Å²) in [5, 5.41) is 5.35. The first-order valence-corrected chi connectivity index (χ1v) is 8.03. The van der Waals surface area contributed by atoms with E-state index in [0.717, 1.165) is 21.9 Å². The maximum absolute atomic E-state index is 6.10. The summed E-state index contributed by atoms with van der Waals surface area (Å²) in [5.74, 6) is 1.12. The fourth-order valence-corrected chi connectivity index (χ4v) is 3.55. The summed E-state index contributed by atoms with van der Waals surface area (Å²) in [5.41, 5.74) is 6.44. The molecule has 0 saturated carbocycles. The van der Waals surface area contributed by atoms with Crippen molar-refractivity contribution in [1.82, 2.24) is 19.7 Å². The van der Waals surface area contributed by atoms with Crippen LogP contribution in [0, 0.1) is 9.62 Å². The van der Waals surface area contributed by atoms with Gasteiger partial charge in [-0.15, -0.1) is 0 Å². The van der Waals surface area contributed by atoms with Crippen molar-refractivity contribution in [1.29, 1.82) is 0 Å². The Bertz CT molecular complexity index is 674. The van der Waals surface area contributed by atoms with E-state index in [4.69, 9.17) is 15.2 Å². The minimum Gasteiger partial charge on any atom is -0.480 e.